The third-order valence-electron chi connectivity index (χ3n) is 3.21. The van der Waals surface area contributed by atoms with Crippen LogP contribution in [0, 0.1) is 6.92 Å². The zero-order chi connectivity index (χ0) is 16.7. The van der Waals surface area contributed by atoms with E-state index in [-0.39, 0.29) is 0 Å². The van der Waals surface area contributed by atoms with E-state index in [9.17, 15) is 4.79 Å². The third kappa shape index (κ3) is 3.12. The number of nitrogens with one attached hydrogen (secondary N) is 1. The van der Waals surface area contributed by atoms with Crippen molar-refractivity contribution in [1.29, 1.82) is 0 Å². The molecule has 0 aliphatic carbocycles. The van der Waals surface area contributed by atoms with Gasteiger partial charge in [-0.1, -0.05) is 46.4 Å². The highest BCUT2D eigenvalue weighted by molar-refractivity contribution is 6.37. The second-order valence-corrected chi connectivity index (χ2v) is 6.51. The molecule has 0 aliphatic heterocycles. The van der Waals surface area contributed by atoms with E-state index in [1.54, 1.807) is 41.8 Å². The van der Waals surface area contributed by atoms with Crippen LogP contribution in [-0.4, -0.2) is 15.3 Å². The number of anilines is 1. The number of benzene rings is 1. The van der Waals surface area contributed by atoms with Gasteiger partial charge in [-0.05, 0) is 31.2 Å². The van der Waals surface area contributed by atoms with Gasteiger partial charge in [0.05, 0.1) is 26.4 Å². The molecule has 118 valence electrons. The number of rotatable bonds is 2. The Balaban J connectivity index is 2.08. The summed E-state index contributed by atoms with van der Waals surface area (Å²) >= 11 is 24.1. The van der Waals surface area contributed by atoms with Gasteiger partial charge in [0.2, 0.25) is 0 Å². The minimum absolute atomic E-state index is 0.320. The topological polar surface area (TPSA) is 46.4 Å². The number of nitrogens with zero attached hydrogens (tertiary/aromatic N) is 2. The molecule has 0 saturated heterocycles. The molecule has 1 N–H and O–H groups in total. The molecule has 0 saturated carbocycles. The molecule has 3 aromatic rings. The highest BCUT2D eigenvalue weighted by Gasteiger charge is 2.19. The molecule has 0 fully saturated rings. The molecule has 0 bridgehead atoms. The van der Waals surface area contributed by atoms with Crippen LogP contribution in [0.1, 0.15) is 16.2 Å². The van der Waals surface area contributed by atoms with Gasteiger partial charge >= 0.3 is 0 Å². The molecule has 3 rings (SSSR count). The Morgan fingerprint density at radius 1 is 1.09 bits per heavy atom. The van der Waals surface area contributed by atoms with E-state index in [2.05, 4.69) is 10.3 Å². The van der Waals surface area contributed by atoms with Crippen molar-refractivity contribution < 1.29 is 4.79 Å². The molecule has 0 radical (unpaired) electrons. The van der Waals surface area contributed by atoms with Crippen molar-refractivity contribution >= 4 is 63.6 Å². The Morgan fingerprint density at radius 2 is 1.83 bits per heavy atom. The number of aryl methyl sites for hydroxylation is 1. The zero-order valence-corrected chi connectivity index (χ0v) is 14.7. The predicted molar refractivity (Wildman–Crippen MR) is 94.4 cm³/mol. The summed E-state index contributed by atoms with van der Waals surface area (Å²) < 4.78 is 1.55. The zero-order valence-electron chi connectivity index (χ0n) is 11.7. The average Bonchev–Trinajstić information content (AvgIpc) is 2.79. The molecule has 4 nitrogen and oxygen atoms in total. The number of aromatic nitrogens is 2. The molecule has 0 atom stereocenters. The van der Waals surface area contributed by atoms with Crippen molar-refractivity contribution in [3.63, 3.8) is 0 Å². The number of hydrogen-bond donors (Lipinski definition) is 1. The van der Waals surface area contributed by atoms with Crippen molar-refractivity contribution in [2.75, 3.05) is 5.32 Å². The lowest BCUT2D eigenvalue weighted by Crippen LogP contribution is -2.16. The van der Waals surface area contributed by atoms with Crippen LogP contribution in [0.3, 0.4) is 0 Å². The first-order chi connectivity index (χ1) is 10.9. The van der Waals surface area contributed by atoms with Crippen LogP contribution >= 0.6 is 46.4 Å². The van der Waals surface area contributed by atoms with Gasteiger partial charge in [0, 0.05) is 11.2 Å². The number of pyridine rings is 1. The summed E-state index contributed by atoms with van der Waals surface area (Å²) in [7, 11) is 0. The summed E-state index contributed by atoms with van der Waals surface area (Å²) in [4.78, 5) is 16.9. The smallest absolute Gasteiger partial charge is 0.274 e. The fraction of sp³-hybridized carbons (Fsp3) is 0.0667. The summed E-state index contributed by atoms with van der Waals surface area (Å²) in [5.74, 6) is -0.391. The number of halogens is 4. The Labute approximate surface area is 151 Å². The van der Waals surface area contributed by atoms with E-state index < -0.39 is 5.91 Å². The van der Waals surface area contributed by atoms with Gasteiger partial charge in [-0.15, -0.1) is 0 Å². The summed E-state index contributed by atoms with van der Waals surface area (Å²) in [5.41, 5.74) is 1.70. The van der Waals surface area contributed by atoms with Gasteiger partial charge in [0.25, 0.3) is 5.91 Å². The molecule has 2 heterocycles. The molecule has 1 aromatic carbocycles. The molecule has 0 unspecified atom stereocenters. The number of fused-ring (bicyclic) bond motifs is 1. The number of carbonyl (C=O) groups excluding carboxylic acids is 1. The SMILES string of the molecule is Cc1nc2c(Cl)cc(Cl)cn2c1C(=O)Nc1cc(Cl)ccc1Cl. The van der Waals surface area contributed by atoms with Crippen LogP contribution in [0.5, 0.6) is 0 Å². The lowest BCUT2D eigenvalue weighted by molar-refractivity contribution is 0.102. The third-order valence-corrected chi connectivity index (χ3v) is 4.26. The summed E-state index contributed by atoms with van der Waals surface area (Å²) in [5, 5.41) is 4.33. The number of carbonyl (C=O) groups is 1. The van der Waals surface area contributed by atoms with Crippen LogP contribution in [0.15, 0.2) is 30.5 Å². The molecule has 0 aliphatic rings. The van der Waals surface area contributed by atoms with Gasteiger partial charge in [-0.3, -0.25) is 9.20 Å². The molecule has 8 heteroatoms. The maximum atomic E-state index is 12.6. The predicted octanol–water partition coefficient (Wildman–Crippen LogP) is 5.51. The van der Waals surface area contributed by atoms with E-state index in [1.807, 2.05) is 0 Å². The average molecular weight is 389 g/mol. The number of amides is 1. The lowest BCUT2D eigenvalue weighted by Gasteiger charge is -2.08. The van der Waals surface area contributed by atoms with E-state index in [0.29, 0.717) is 42.8 Å². The van der Waals surface area contributed by atoms with Crippen LogP contribution in [0.4, 0.5) is 5.69 Å². The first-order valence-electron chi connectivity index (χ1n) is 6.47. The lowest BCUT2D eigenvalue weighted by atomic mass is 10.2. The second kappa shape index (κ2) is 6.21. The van der Waals surface area contributed by atoms with Crippen LogP contribution < -0.4 is 5.32 Å². The minimum atomic E-state index is -0.391. The molecular formula is C15H9Cl4N3O. The van der Waals surface area contributed by atoms with Crippen molar-refractivity contribution in [2.45, 2.75) is 6.92 Å². The van der Waals surface area contributed by atoms with Crippen molar-refractivity contribution in [3.8, 4) is 0 Å². The van der Waals surface area contributed by atoms with Crippen LogP contribution in [-0.2, 0) is 0 Å². The summed E-state index contributed by atoms with van der Waals surface area (Å²) in [6.07, 6.45) is 1.58. The molecular weight excluding hydrogens is 380 g/mol. The molecule has 2 aromatic heterocycles. The second-order valence-electron chi connectivity index (χ2n) is 4.82. The van der Waals surface area contributed by atoms with Gasteiger partial charge in [0.1, 0.15) is 5.69 Å². The van der Waals surface area contributed by atoms with Crippen molar-refractivity contribution in [2.24, 2.45) is 0 Å². The van der Waals surface area contributed by atoms with Gasteiger partial charge < -0.3 is 5.32 Å². The fourth-order valence-corrected chi connectivity index (χ4v) is 3.09. The highest BCUT2D eigenvalue weighted by atomic mass is 35.5. The van der Waals surface area contributed by atoms with E-state index in [1.165, 1.54) is 0 Å². The Bertz CT molecular complexity index is 936. The Kier molecular flexibility index (Phi) is 4.43. The van der Waals surface area contributed by atoms with Crippen LogP contribution in [0.2, 0.25) is 20.1 Å². The first-order valence-corrected chi connectivity index (χ1v) is 7.98. The van der Waals surface area contributed by atoms with Gasteiger partial charge in [-0.25, -0.2) is 4.98 Å². The fourth-order valence-electron chi connectivity index (χ4n) is 2.23. The maximum absolute atomic E-state index is 12.6. The molecule has 23 heavy (non-hydrogen) atoms. The molecule has 0 spiro atoms. The monoisotopic (exact) mass is 387 g/mol. The normalized spacial score (nSPS) is 11.0. The van der Waals surface area contributed by atoms with Gasteiger partial charge in [0.15, 0.2) is 5.65 Å². The van der Waals surface area contributed by atoms with E-state index in [0.717, 1.165) is 0 Å². The van der Waals surface area contributed by atoms with Crippen molar-refractivity contribution in [1.82, 2.24) is 9.38 Å². The first kappa shape index (κ1) is 16.4. The Morgan fingerprint density at radius 3 is 2.57 bits per heavy atom. The summed E-state index contributed by atoms with van der Waals surface area (Å²) in [6.45, 7) is 1.71. The largest absolute Gasteiger partial charge is 0.319 e. The molecule has 1 amide bonds. The quantitative estimate of drug-likeness (QED) is 0.629. The number of imidazole rings is 1. The standard InChI is InChI=1S/C15H9Cl4N3O/c1-7-13(22-6-9(17)4-11(19)14(22)20-7)15(23)21-12-5-8(16)2-3-10(12)18/h2-6H,1H3,(H,21,23). The van der Waals surface area contributed by atoms with Crippen LogP contribution in [0.25, 0.3) is 5.65 Å². The number of hydrogen-bond acceptors (Lipinski definition) is 2. The van der Waals surface area contributed by atoms with E-state index in [4.69, 9.17) is 46.4 Å². The van der Waals surface area contributed by atoms with E-state index >= 15 is 0 Å². The summed E-state index contributed by atoms with van der Waals surface area (Å²) in [6, 6.07) is 6.38. The van der Waals surface area contributed by atoms with Crippen molar-refractivity contribution in [3.05, 3.63) is 61.9 Å². The minimum Gasteiger partial charge on any atom is -0.319 e. The van der Waals surface area contributed by atoms with Gasteiger partial charge in [-0.2, -0.15) is 0 Å². The highest BCUT2D eigenvalue weighted by Crippen LogP contribution is 2.28. The maximum Gasteiger partial charge on any atom is 0.274 e. The Hall–Kier alpha value is -1.46.